The van der Waals surface area contributed by atoms with Crippen molar-refractivity contribution in [2.45, 2.75) is 6.92 Å². The van der Waals surface area contributed by atoms with E-state index in [9.17, 15) is 4.79 Å². The van der Waals surface area contributed by atoms with Gasteiger partial charge in [0, 0.05) is 31.2 Å². The van der Waals surface area contributed by atoms with Gasteiger partial charge in [-0.1, -0.05) is 17.7 Å². The normalized spacial score (nSPS) is 19.5. The second-order valence-electron chi connectivity index (χ2n) is 4.85. The molecule has 19 heavy (non-hydrogen) atoms. The van der Waals surface area contributed by atoms with Gasteiger partial charge in [-0.25, -0.2) is 4.79 Å². The van der Waals surface area contributed by atoms with Gasteiger partial charge in [0.2, 0.25) is 0 Å². The van der Waals surface area contributed by atoms with Crippen molar-refractivity contribution in [2.75, 3.05) is 38.2 Å². The summed E-state index contributed by atoms with van der Waals surface area (Å²) < 4.78 is 5.44. The molecule has 5 heteroatoms. The summed E-state index contributed by atoms with van der Waals surface area (Å²) in [6.45, 7) is 5.83. The molecule has 0 bridgehead atoms. The van der Waals surface area contributed by atoms with Crippen LogP contribution in [0.1, 0.15) is 5.56 Å². The number of urea groups is 1. The molecule has 1 aromatic rings. The van der Waals surface area contributed by atoms with Crippen LogP contribution < -0.4 is 16.0 Å². The minimum atomic E-state index is -0.173. The Morgan fingerprint density at radius 1 is 1.42 bits per heavy atom. The van der Waals surface area contributed by atoms with E-state index in [4.69, 9.17) is 4.74 Å². The Labute approximate surface area is 113 Å². The molecule has 0 spiro atoms. The largest absolute Gasteiger partial charge is 0.380 e. The maximum absolute atomic E-state index is 11.7. The minimum Gasteiger partial charge on any atom is -0.380 e. The predicted octanol–water partition coefficient (Wildman–Crippen LogP) is 1.35. The number of rotatable bonds is 3. The molecule has 104 valence electrons. The summed E-state index contributed by atoms with van der Waals surface area (Å²) in [7, 11) is 0. The maximum Gasteiger partial charge on any atom is 0.319 e. The second-order valence-corrected chi connectivity index (χ2v) is 4.85. The van der Waals surface area contributed by atoms with Crippen LogP contribution in [0.5, 0.6) is 0 Å². The highest BCUT2D eigenvalue weighted by Gasteiger charge is 2.13. The van der Waals surface area contributed by atoms with Crippen LogP contribution in [0.15, 0.2) is 24.3 Å². The highest BCUT2D eigenvalue weighted by atomic mass is 16.5. The Bertz CT molecular complexity index is 398. The molecule has 1 aliphatic heterocycles. The molecule has 2 rings (SSSR count). The number of hydrogen-bond acceptors (Lipinski definition) is 3. The zero-order chi connectivity index (χ0) is 13.5. The van der Waals surface area contributed by atoms with Gasteiger partial charge in [-0.15, -0.1) is 0 Å². The van der Waals surface area contributed by atoms with E-state index in [-0.39, 0.29) is 6.03 Å². The number of carbonyl (C=O) groups excluding carboxylic acids is 1. The average molecular weight is 263 g/mol. The van der Waals surface area contributed by atoms with Gasteiger partial charge < -0.3 is 20.7 Å². The van der Waals surface area contributed by atoms with Crippen molar-refractivity contribution in [3.05, 3.63) is 29.8 Å². The molecule has 5 nitrogen and oxygen atoms in total. The molecule has 3 N–H and O–H groups in total. The third-order valence-electron chi connectivity index (χ3n) is 3.07. The molecule has 1 saturated heterocycles. The van der Waals surface area contributed by atoms with Crippen LogP contribution in [0.2, 0.25) is 0 Å². The zero-order valence-corrected chi connectivity index (χ0v) is 11.2. The SMILES string of the molecule is Cc1ccc(NC(=O)NCC2CNCCOC2)cc1. The van der Waals surface area contributed by atoms with Crippen molar-refractivity contribution in [3.8, 4) is 0 Å². The maximum atomic E-state index is 11.7. The number of ether oxygens (including phenoxy) is 1. The highest BCUT2D eigenvalue weighted by molar-refractivity contribution is 5.89. The third-order valence-corrected chi connectivity index (χ3v) is 3.07. The van der Waals surface area contributed by atoms with E-state index in [2.05, 4.69) is 16.0 Å². The van der Waals surface area contributed by atoms with Crippen LogP contribution in [0, 0.1) is 12.8 Å². The lowest BCUT2D eigenvalue weighted by atomic mass is 10.1. The molecule has 1 fully saturated rings. The van der Waals surface area contributed by atoms with Crippen molar-refractivity contribution < 1.29 is 9.53 Å². The summed E-state index contributed by atoms with van der Waals surface area (Å²) in [6.07, 6.45) is 0. The van der Waals surface area contributed by atoms with Gasteiger partial charge >= 0.3 is 6.03 Å². The zero-order valence-electron chi connectivity index (χ0n) is 11.2. The quantitative estimate of drug-likeness (QED) is 0.771. The van der Waals surface area contributed by atoms with Gasteiger partial charge in [-0.05, 0) is 19.1 Å². The molecule has 0 saturated carbocycles. The fraction of sp³-hybridized carbons (Fsp3) is 0.500. The number of amides is 2. The van der Waals surface area contributed by atoms with E-state index < -0.39 is 0 Å². The van der Waals surface area contributed by atoms with Gasteiger partial charge in [0.25, 0.3) is 0 Å². The number of benzene rings is 1. The average Bonchev–Trinajstić information content (AvgIpc) is 2.68. The van der Waals surface area contributed by atoms with Gasteiger partial charge in [-0.3, -0.25) is 0 Å². The molecular weight excluding hydrogens is 242 g/mol. The number of aryl methyl sites for hydroxylation is 1. The van der Waals surface area contributed by atoms with E-state index in [0.29, 0.717) is 19.1 Å². The van der Waals surface area contributed by atoms with E-state index in [1.165, 1.54) is 5.56 Å². The van der Waals surface area contributed by atoms with Gasteiger partial charge in [-0.2, -0.15) is 0 Å². The van der Waals surface area contributed by atoms with Crippen molar-refractivity contribution in [2.24, 2.45) is 5.92 Å². The summed E-state index contributed by atoms with van der Waals surface area (Å²) in [5.74, 6) is 0.325. The first-order valence-electron chi connectivity index (χ1n) is 6.64. The van der Waals surface area contributed by atoms with Crippen molar-refractivity contribution in [1.82, 2.24) is 10.6 Å². The molecule has 1 atom stereocenters. The smallest absolute Gasteiger partial charge is 0.319 e. The third kappa shape index (κ3) is 4.89. The molecule has 2 amide bonds. The Balaban J connectivity index is 1.73. The fourth-order valence-electron chi connectivity index (χ4n) is 1.94. The molecular formula is C14H21N3O2. The van der Waals surface area contributed by atoms with Crippen molar-refractivity contribution >= 4 is 11.7 Å². The van der Waals surface area contributed by atoms with Crippen LogP contribution in [0.3, 0.4) is 0 Å². The lowest BCUT2D eigenvalue weighted by Gasteiger charge is -2.15. The predicted molar refractivity (Wildman–Crippen MR) is 75.4 cm³/mol. The van der Waals surface area contributed by atoms with E-state index in [0.717, 1.165) is 25.4 Å². The summed E-state index contributed by atoms with van der Waals surface area (Å²) >= 11 is 0. The molecule has 1 aromatic carbocycles. The van der Waals surface area contributed by atoms with Crippen LogP contribution in [-0.2, 0) is 4.74 Å². The van der Waals surface area contributed by atoms with E-state index in [1.54, 1.807) is 0 Å². The van der Waals surface area contributed by atoms with Gasteiger partial charge in [0.15, 0.2) is 0 Å². The summed E-state index contributed by atoms with van der Waals surface area (Å²) in [5.41, 5.74) is 1.98. The fourth-order valence-corrected chi connectivity index (χ4v) is 1.94. The summed E-state index contributed by atoms with van der Waals surface area (Å²) in [5, 5.41) is 8.97. The number of hydrogen-bond donors (Lipinski definition) is 3. The van der Waals surface area contributed by atoms with Crippen LogP contribution in [-0.4, -0.2) is 38.9 Å². The topological polar surface area (TPSA) is 62.4 Å². The molecule has 1 heterocycles. The van der Waals surface area contributed by atoms with Crippen LogP contribution in [0.25, 0.3) is 0 Å². The molecule has 1 aliphatic rings. The van der Waals surface area contributed by atoms with Crippen molar-refractivity contribution in [3.63, 3.8) is 0 Å². The lowest BCUT2D eigenvalue weighted by molar-refractivity contribution is 0.123. The number of anilines is 1. The molecule has 0 aromatic heterocycles. The van der Waals surface area contributed by atoms with Gasteiger partial charge in [0.1, 0.15) is 0 Å². The first-order chi connectivity index (χ1) is 9.24. The molecule has 1 unspecified atom stereocenters. The van der Waals surface area contributed by atoms with Crippen LogP contribution >= 0.6 is 0 Å². The number of carbonyl (C=O) groups is 1. The molecule has 0 radical (unpaired) electrons. The lowest BCUT2D eigenvalue weighted by Crippen LogP contribution is -2.37. The monoisotopic (exact) mass is 263 g/mol. The highest BCUT2D eigenvalue weighted by Crippen LogP contribution is 2.08. The standard InChI is InChI=1S/C14H21N3O2/c1-11-2-4-13(5-3-11)17-14(18)16-9-12-8-15-6-7-19-10-12/h2-5,12,15H,6-10H2,1H3,(H2,16,17,18). The Morgan fingerprint density at radius 3 is 3.00 bits per heavy atom. The minimum absolute atomic E-state index is 0.173. The summed E-state index contributed by atoms with van der Waals surface area (Å²) in [6, 6.07) is 7.56. The number of nitrogens with one attached hydrogen (secondary N) is 3. The van der Waals surface area contributed by atoms with E-state index >= 15 is 0 Å². The Hall–Kier alpha value is -1.59. The van der Waals surface area contributed by atoms with Crippen molar-refractivity contribution in [1.29, 1.82) is 0 Å². The second kappa shape index (κ2) is 7.11. The first kappa shape index (κ1) is 13.8. The van der Waals surface area contributed by atoms with Crippen LogP contribution in [0.4, 0.5) is 10.5 Å². The van der Waals surface area contributed by atoms with E-state index in [1.807, 2.05) is 31.2 Å². The molecule has 0 aliphatic carbocycles. The van der Waals surface area contributed by atoms with Gasteiger partial charge in [0.05, 0.1) is 13.2 Å². The Morgan fingerprint density at radius 2 is 2.21 bits per heavy atom. The summed E-state index contributed by atoms with van der Waals surface area (Å²) in [4.78, 5) is 11.7. The first-order valence-corrected chi connectivity index (χ1v) is 6.64. The Kier molecular flexibility index (Phi) is 5.18.